The maximum atomic E-state index is 5.94. The van der Waals surface area contributed by atoms with Gasteiger partial charge in [-0.3, -0.25) is 9.98 Å². The van der Waals surface area contributed by atoms with Gasteiger partial charge in [-0.15, -0.1) is 0 Å². The van der Waals surface area contributed by atoms with Gasteiger partial charge in [0.25, 0.3) is 0 Å². The van der Waals surface area contributed by atoms with Crippen molar-refractivity contribution < 1.29 is 0 Å². The SMILES string of the molecule is Cc1ccc2nc(C3N=C(Br)C=NC3N)[nH]c2c1. The van der Waals surface area contributed by atoms with Gasteiger partial charge in [0.05, 0.1) is 17.2 Å². The quantitative estimate of drug-likeness (QED) is 0.846. The lowest BCUT2D eigenvalue weighted by atomic mass is 10.2. The monoisotopic (exact) mass is 305 g/mol. The van der Waals surface area contributed by atoms with Gasteiger partial charge in [-0.1, -0.05) is 6.07 Å². The van der Waals surface area contributed by atoms with E-state index in [1.54, 1.807) is 6.21 Å². The Balaban J connectivity index is 2.06. The highest BCUT2D eigenvalue weighted by atomic mass is 79.9. The number of nitrogens with two attached hydrogens (primary N) is 1. The van der Waals surface area contributed by atoms with Gasteiger partial charge in [0.1, 0.15) is 22.7 Å². The number of H-pyrrole nitrogens is 1. The van der Waals surface area contributed by atoms with E-state index in [0.717, 1.165) is 16.9 Å². The number of nitrogens with zero attached hydrogens (tertiary/aromatic N) is 3. The maximum absolute atomic E-state index is 5.94. The number of aromatic amines is 1. The summed E-state index contributed by atoms with van der Waals surface area (Å²) in [6.45, 7) is 2.05. The summed E-state index contributed by atoms with van der Waals surface area (Å²) in [4.78, 5) is 16.4. The summed E-state index contributed by atoms with van der Waals surface area (Å²) >= 11 is 3.31. The van der Waals surface area contributed by atoms with Gasteiger partial charge in [-0.25, -0.2) is 4.98 Å². The van der Waals surface area contributed by atoms with Crippen LogP contribution in [0.5, 0.6) is 0 Å². The molecule has 6 heteroatoms. The van der Waals surface area contributed by atoms with Crippen LogP contribution in [0.15, 0.2) is 28.2 Å². The van der Waals surface area contributed by atoms with Gasteiger partial charge in [-0.05, 0) is 40.5 Å². The molecule has 2 unspecified atom stereocenters. The minimum Gasteiger partial charge on any atom is -0.340 e. The molecule has 0 amide bonds. The lowest BCUT2D eigenvalue weighted by Crippen LogP contribution is -2.29. The van der Waals surface area contributed by atoms with Crippen LogP contribution in [0.1, 0.15) is 17.4 Å². The number of hydrogen-bond donors (Lipinski definition) is 2. The Morgan fingerprint density at radius 2 is 2.22 bits per heavy atom. The molecule has 18 heavy (non-hydrogen) atoms. The summed E-state index contributed by atoms with van der Waals surface area (Å²) in [6.07, 6.45) is 1.22. The first-order valence-corrected chi connectivity index (χ1v) is 6.41. The van der Waals surface area contributed by atoms with Crippen LogP contribution < -0.4 is 5.73 Å². The smallest absolute Gasteiger partial charge is 0.144 e. The van der Waals surface area contributed by atoms with Gasteiger partial charge in [0.2, 0.25) is 0 Å². The van der Waals surface area contributed by atoms with E-state index < -0.39 is 6.17 Å². The third-order valence-electron chi connectivity index (χ3n) is 2.87. The Kier molecular flexibility index (Phi) is 2.76. The average molecular weight is 306 g/mol. The summed E-state index contributed by atoms with van der Waals surface area (Å²) in [5.41, 5.74) is 9.05. The number of aromatic nitrogens is 2. The fourth-order valence-corrected chi connectivity index (χ4v) is 2.32. The highest BCUT2D eigenvalue weighted by molar-refractivity contribution is 9.19. The number of fused-ring (bicyclic) bond motifs is 1. The highest BCUT2D eigenvalue weighted by Gasteiger charge is 2.24. The van der Waals surface area contributed by atoms with Crippen molar-refractivity contribution in [1.82, 2.24) is 9.97 Å². The maximum Gasteiger partial charge on any atom is 0.144 e. The van der Waals surface area contributed by atoms with Crippen LogP contribution in [0.2, 0.25) is 0 Å². The van der Waals surface area contributed by atoms with Crippen molar-refractivity contribution in [1.29, 1.82) is 0 Å². The molecule has 0 fully saturated rings. The second kappa shape index (κ2) is 4.29. The van der Waals surface area contributed by atoms with E-state index >= 15 is 0 Å². The van der Waals surface area contributed by atoms with E-state index in [2.05, 4.69) is 41.9 Å². The zero-order valence-electron chi connectivity index (χ0n) is 9.76. The first kappa shape index (κ1) is 11.6. The van der Waals surface area contributed by atoms with Crippen molar-refractivity contribution in [3.05, 3.63) is 29.6 Å². The molecule has 2 aromatic rings. The zero-order valence-corrected chi connectivity index (χ0v) is 11.3. The van der Waals surface area contributed by atoms with Gasteiger partial charge in [0, 0.05) is 0 Å². The van der Waals surface area contributed by atoms with Gasteiger partial charge >= 0.3 is 0 Å². The molecule has 3 N–H and O–H groups in total. The average Bonchev–Trinajstić information content (AvgIpc) is 2.74. The molecular formula is C12H12BrN5. The van der Waals surface area contributed by atoms with Crippen LogP contribution in [0.4, 0.5) is 0 Å². The van der Waals surface area contributed by atoms with Crippen molar-refractivity contribution in [2.24, 2.45) is 15.7 Å². The number of halogens is 1. The first-order valence-electron chi connectivity index (χ1n) is 5.62. The van der Waals surface area contributed by atoms with Crippen LogP contribution in [-0.2, 0) is 0 Å². The molecule has 0 spiro atoms. The molecule has 2 heterocycles. The van der Waals surface area contributed by atoms with Gasteiger partial charge in [-0.2, -0.15) is 0 Å². The fourth-order valence-electron chi connectivity index (χ4n) is 1.98. The normalized spacial score (nSPS) is 23.4. The van der Waals surface area contributed by atoms with Crippen molar-refractivity contribution in [3.8, 4) is 0 Å². The summed E-state index contributed by atoms with van der Waals surface area (Å²) in [5, 5.41) is 0. The Labute approximate surface area is 112 Å². The molecule has 5 nitrogen and oxygen atoms in total. The predicted octanol–water partition coefficient (Wildman–Crippen LogP) is 2.08. The zero-order chi connectivity index (χ0) is 12.7. The first-order chi connectivity index (χ1) is 8.63. The van der Waals surface area contributed by atoms with Crippen LogP contribution >= 0.6 is 15.9 Å². The third kappa shape index (κ3) is 1.97. The van der Waals surface area contributed by atoms with Crippen molar-refractivity contribution >= 4 is 37.8 Å². The summed E-state index contributed by atoms with van der Waals surface area (Å²) in [7, 11) is 0. The number of imidazole rings is 1. The van der Waals surface area contributed by atoms with E-state index in [1.807, 2.05) is 19.1 Å². The van der Waals surface area contributed by atoms with E-state index in [1.165, 1.54) is 5.56 Å². The minimum absolute atomic E-state index is 0.267. The Hall–Kier alpha value is -1.53. The molecule has 1 aliphatic heterocycles. The van der Waals surface area contributed by atoms with E-state index in [9.17, 15) is 0 Å². The Morgan fingerprint density at radius 3 is 3.06 bits per heavy atom. The molecule has 3 rings (SSSR count). The molecule has 1 aromatic heterocycles. The molecule has 0 radical (unpaired) electrons. The van der Waals surface area contributed by atoms with E-state index in [-0.39, 0.29) is 6.04 Å². The van der Waals surface area contributed by atoms with Crippen molar-refractivity contribution in [2.75, 3.05) is 0 Å². The summed E-state index contributed by atoms with van der Waals surface area (Å²) in [6, 6.07) is 5.81. The number of benzene rings is 1. The number of aliphatic imine (C=N–C) groups is 2. The number of rotatable bonds is 1. The lowest BCUT2D eigenvalue weighted by Gasteiger charge is -2.17. The number of nitrogens with one attached hydrogen (secondary N) is 1. The molecule has 0 saturated heterocycles. The summed E-state index contributed by atoms with van der Waals surface area (Å²) < 4.78 is 0.686. The molecule has 1 aliphatic rings. The second-order valence-corrected chi connectivity index (χ2v) is 5.12. The Bertz CT molecular complexity index is 658. The lowest BCUT2D eigenvalue weighted by molar-refractivity contribution is 0.548. The molecule has 1 aromatic carbocycles. The molecule has 92 valence electrons. The Morgan fingerprint density at radius 1 is 1.39 bits per heavy atom. The van der Waals surface area contributed by atoms with Gasteiger partial charge in [0.15, 0.2) is 0 Å². The molecule has 0 saturated carbocycles. The van der Waals surface area contributed by atoms with Crippen LogP contribution in [-0.4, -0.2) is 27.0 Å². The third-order valence-corrected chi connectivity index (χ3v) is 3.28. The predicted molar refractivity (Wildman–Crippen MR) is 76.4 cm³/mol. The van der Waals surface area contributed by atoms with Crippen LogP contribution in [0.3, 0.4) is 0 Å². The molecule has 2 atom stereocenters. The van der Waals surface area contributed by atoms with Crippen LogP contribution in [0.25, 0.3) is 11.0 Å². The van der Waals surface area contributed by atoms with Crippen molar-refractivity contribution in [3.63, 3.8) is 0 Å². The van der Waals surface area contributed by atoms with E-state index in [0.29, 0.717) is 4.62 Å². The molecule has 0 bridgehead atoms. The number of hydrogen-bond acceptors (Lipinski definition) is 4. The second-order valence-electron chi connectivity index (χ2n) is 4.31. The summed E-state index contributed by atoms with van der Waals surface area (Å²) in [5.74, 6) is 0.747. The highest BCUT2D eigenvalue weighted by Crippen LogP contribution is 2.24. The van der Waals surface area contributed by atoms with E-state index in [4.69, 9.17) is 5.73 Å². The van der Waals surface area contributed by atoms with Gasteiger partial charge < -0.3 is 10.7 Å². The number of aryl methyl sites for hydroxylation is 1. The largest absolute Gasteiger partial charge is 0.340 e. The fraction of sp³-hybridized carbons (Fsp3) is 0.250. The van der Waals surface area contributed by atoms with Crippen molar-refractivity contribution in [2.45, 2.75) is 19.1 Å². The van der Waals surface area contributed by atoms with Crippen LogP contribution in [0, 0.1) is 6.92 Å². The molecule has 0 aliphatic carbocycles. The topological polar surface area (TPSA) is 79.4 Å². The standard InChI is InChI=1S/C12H12BrN5/c1-6-2-3-7-8(4-6)17-12(16-7)10-11(14)15-5-9(13)18-10/h2-5,10-11H,14H2,1H3,(H,16,17). The molecular weight excluding hydrogens is 294 g/mol. The minimum atomic E-state index is -0.395.